The van der Waals surface area contributed by atoms with Crippen molar-refractivity contribution in [1.82, 2.24) is 9.97 Å². The molecule has 1 aliphatic rings. The zero-order valence-corrected chi connectivity index (χ0v) is 11.1. The Labute approximate surface area is 115 Å². The highest BCUT2D eigenvalue weighted by Crippen LogP contribution is 2.55. The van der Waals surface area contributed by atoms with Gasteiger partial charge in [0.1, 0.15) is 11.6 Å². The normalized spacial score (nSPS) is 21.2. The molecule has 1 aromatic carbocycles. The summed E-state index contributed by atoms with van der Waals surface area (Å²) in [7, 11) is 1.53. The van der Waals surface area contributed by atoms with Gasteiger partial charge in [-0.1, -0.05) is 6.07 Å². The van der Waals surface area contributed by atoms with Crippen molar-refractivity contribution in [2.45, 2.75) is 18.3 Å². The molecular formula is C14H12ClFN2O. The van der Waals surface area contributed by atoms with E-state index in [-0.39, 0.29) is 22.9 Å². The lowest BCUT2D eigenvalue weighted by Gasteiger charge is -2.05. The average Bonchev–Trinajstić information content (AvgIpc) is 3.19. The van der Waals surface area contributed by atoms with Gasteiger partial charge in [-0.15, -0.1) is 0 Å². The van der Waals surface area contributed by atoms with Crippen molar-refractivity contribution in [3.63, 3.8) is 0 Å². The van der Waals surface area contributed by atoms with Crippen molar-refractivity contribution in [2.24, 2.45) is 0 Å². The predicted molar refractivity (Wildman–Crippen MR) is 70.1 cm³/mol. The topological polar surface area (TPSA) is 35.0 Å². The second kappa shape index (κ2) is 4.78. The first-order valence-corrected chi connectivity index (χ1v) is 6.37. The molecule has 1 heterocycles. The number of ether oxygens (including phenoxy) is 1. The molecule has 0 amide bonds. The summed E-state index contributed by atoms with van der Waals surface area (Å²) >= 11 is 5.65. The Morgan fingerprint density at radius 3 is 2.63 bits per heavy atom. The summed E-state index contributed by atoms with van der Waals surface area (Å²) in [6.07, 6.45) is 4.33. The van der Waals surface area contributed by atoms with Crippen LogP contribution < -0.4 is 4.74 Å². The van der Waals surface area contributed by atoms with Crippen LogP contribution in [0.2, 0.25) is 5.28 Å². The van der Waals surface area contributed by atoms with Gasteiger partial charge in [-0.05, 0) is 47.1 Å². The van der Waals surface area contributed by atoms with Gasteiger partial charge in [0, 0.05) is 18.5 Å². The molecule has 5 heteroatoms. The van der Waals surface area contributed by atoms with E-state index in [4.69, 9.17) is 16.3 Å². The summed E-state index contributed by atoms with van der Waals surface area (Å²) in [5, 5.41) is 0.233. The third-order valence-corrected chi connectivity index (χ3v) is 3.66. The van der Waals surface area contributed by atoms with Gasteiger partial charge in [0.15, 0.2) is 0 Å². The molecule has 1 saturated carbocycles. The SMILES string of the molecule is COc1ccc([C@H]2C[C@H]2c2cnc(Cl)nc2)c(F)c1. The van der Waals surface area contributed by atoms with Gasteiger partial charge in [-0.2, -0.15) is 0 Å². The Morgan fingerprint density at radius 2 is 2.00 bits per heavy atom. The van der Waals surface area contributed by atoms with Crippen molar-refractivity contribution in [3.8, 4) is 5.75 Å². The Hall–Kier alpha value is -1.68. The van der Waals surface area contributed by atoms with E-state index in [0.29, 0.717) is 5.75 Å². The van der Waals surface area contributed by atoms with Crippen molar-refractivity contribution < 1.29 is 9.13 Å². The van der Waals surface area contributed by atoms with Crippen LogP contribution in [0.15, 0.2) is 30.6 Å². The zero-order valence-electron chi connectivity index (χ0n) is 10.3. The Morgan fingerprint density at radius 1 is 1.26 bits per heavy atom. The molecule has 0 aliphatic heterocycles. The summed E-state index contributed by atoms with van der Waals surface area (Å²) in [6, 6.07) is 4.99. The summed E-state index contributed by atoms with van der Waals surface area (Å²) in [6.45, 7) is 0. The van der Waals surface area contributed by atoms with Crippen LogP contribution in [0.3, 0.4) is 0 Å². The maximum atomic E-state index is 13.9. The van der Waals surface area contributed by atoms with E-state index >= 15 is 0 Å². The van der Waals surface area contributed by atoms with Crippen molar-refractivity contribution in [2.75, 3.05) is 7.11 Å². The minimum Gasteiger partial charge on any atom is -0.497 e. The molecule has 0 bridgehead atoms. The van der Waals surface area contributed by atoms with Gasteiger partial charge in [0.25, 0.3) is 0 Å². The molecule has 3 rings (SSSR count). The van der Waals surface area contributed by atoms with Crippen molar-refractivity contribution >= 4 is 11.6 Å². The molecule has 1 fully saturated rings. The number of rotatable bonds is 3. The van der Waals surface area contributed by atoms with Gasteiger partial charge >= 0.3 is 0 Å². The summed E-state index contributed by atoms with van der Waals surface area (Å²) in [5.74, 6) is 0.783. The van der Waals surface area contributed by atoms with Crippen LogP contribution >= 0.6 is 11.6 Å². The molecule has 1 aliphatic carbocycles. The third kappa shape index (κ3) is 2.40. The second-order valence-electron chi connectivity index (χ2n) is 4.62. The number of hydrogen-bond acceptors (Lipinski definition) is 3. The molecule has 1 aromatic heterocycles. The fourth-order valence-corrected chi connectivity index (χ4v) is 2.45. The summed E-state index contributed by atoms with van der Waals surface area (Å²) < 4.78 is 18.9. The Balaban J connectivity index is 1.81. The van der Waals surface area contributed by atoms with Gasteiger partial charge in [-0.3, -0.25) is 0 Å². The lowest BCUT2D eigenvalue weighted by Crippen LogP contribution is -1.92. The fraction of sp³-hybridized carbons (Fsp3) is 0.286. The molecule has 2 aromatic rings. The smallest absolute Gasteiger partial charge is 0.222 e. The van der Waals surface area contributed by atoms with Crippen LogP contribution in [0, 0.1) is 5.82 Å². The number of hydrogen-bond donors (Lipinski definition) is 0. The number of benzene rings is 1. The van der Waals surface area contributed by atoms with E-state index in [1.165, 1.54) is 13.2 Å². The number of aromatic nitrogens is 2. The Bertz CT molecular complexity index is 603. The average molecular weight is 279 g/mol. The molecule has 19 heavy (non-hydrogen) atoms. The molecule has 0 saturated heterocycles. The highest BCUT2D eigenvalue weighted by atomic mass is 35.5. The quantitative estimate of drug-likeness (QED) is 0.806. The first kappa shape index (κ1) is 12.4. The van der Waals surface area contributed by atoms with E-state index in [1.807, 2.05) is 0 Å². The standard InChI is InChI=1S/C14H12ClFN2O/c1-19-9-2-3-10(13(16)4-9)12-5-11(12)8-6-17-14(15)18-7-8/h2-4,6-7,11-12H,5H2,1H3/t11-,12+/m0/s1. The van der Waals surface area contributed by atoms with E-state index in [0.717, 1.165) is 17.5 Å². The van der Waals surface area contributed by atoms with Crippen molar-refractivity contribution in [1.29, 1.82) is 0 Å². The predicted octanol–water partition coefficient (Wildman–Crippen LogP) is 3.55. The minimum atomic E-state index is -0.221. The lowest BCUT2D eigenvalue weighted by atomic mass is 10.1. The van der Waals surface area contributed by atoms with Crippen LogP contribution in [-0.2, 0) is 0 Å². The maximum Gasteiger partial charge on any atom is 0.222 e. The highest BCUT2D eigenvalue weighted by Gasteiger charge is 2.41. The molecule has 0 unspecified atom stereocenters. The molecule has 0 radical (unpaired) electrons. The van der Waals surface area contributed by atoms with Crippen LogP contribution in [0.25, 0.3) is 0 Å². The first-order valence-electron chi connectivity index (χ1n) is 6.00. The van der Waals surface area contributed by atoms with Gasteiger partial charge in [-0.25, -0.2) is 14.4 Å². The van der Waals surface area contributed by atoms with Crippen LogP contribution in [0.5, 0.6) is 5.75 Å². The molecule has 0 N–H and O–H groups in total. The van der Waals surface area contributed by atoms with Gasteiger partial charge < -0.3 is 4.74 Å². The molecule has 0 spiro atoms. The van der Waals surface area contributed by atoms with E-state index in [1.54, 1.807) is 24.5 Å². The molecule has 3 nitrogen and oxygen atoms in total. The van der Waals surface area contributed by atoms with E-state index in [2.05, 4.69) is 9.97 Å². The molecule has 98 valence electrons. The fourth-order valence-electron chi connectivity index (χ4n) is 2.36. The molecule has 2 atom stereocenters. The molecular weight excluding hydrogens is 267 g/mol. The number of halogens is 2. The second-order valence-corrected chi connectivity index (χ2v) is 4.96. The van der Waals surface area contributed by atoms with Crippen LogP contribution in [0.1, 0.15) is 29.4 Å². The first-order chi connectivity index (χ1) is 9.19. The summed E-state index contributed by atoms with van der Waals surface area (Å²) in [4.78, 5) is 7.92. The third-order valence-electron chi connectivity index (χ3n) is 3.47. The maximum absolute atomic E-state index is 13.9. The zero-order chi connectivity index (χ0) is 13.4. The lowest BCUT2D eigenvalue weighted by molar-refractivity contribution is 0.410. The van der Waals surface area contributed by atoms with Gasteiger partial charge in [0.05, 0.1) is 7.11 Å². The van der Waals surface area contributed by atoms with Crippen LogP contribution in [0.4, 0.5) is 4.39 Å². The van der Waals surface area contributed by atoms with Gasteiger partial charge in [0.2, 0.25) is 5.28 Å². The van der Waals surface area contributed by atoms with Crippen LogP contribution in [-0.4, -0.2) is 17.1 Å². The summed E-state index contributed by atoms with van der Waals surface area (Å²) in [5.41, 5.74) is 1.73. The van der Waals surface area contributed by atoms with E-state index in [9.17, 15) is 4.39 Å². The monoisotopic (exact) mass is 278 g/mol. The van der Waals surface area contributed by atoms with Crippen molar-refractivity contribution in [3.05, 3.63) is 52.8 Å². The minimum absolute atomic E-state index is 0.190. The largest absolute Gasteiger partial charge is 0.497 e. The van der Waals surface area contributed by atoms with E-state index < -0.39 is 0 Å². The number of methoxy groups -OCH3 is 1. The highest BCUT2D eigenvalue weighted by molar-refractivity contribution is 6.28. The number of nitrogens with zero attached hydrogens (tertiary/aromatic N) is 2. The Kier molecular flexibility index (Phi) is 3.11.